The van der Waals surface area contributed by atoms with E-state index in [2.05, 4.69) is 31.2 Å². The number of benzene rings is 1. The summed E-state index contributed by atoms with van der Waals surface area (Å²) in [6.07, 6.45) is 3.25. The topological polar surface area (TPSA) is 54.9 Å². The standard InChI is InChI=1S/C18H13BrClN3O/c19-13-10-14(17(20)22-11-13)18(24)23-16(12-6-2-1-3-7-12)15-8-4-5-9-21-15/h1-11,16H,(H,23,24). The Bertz CT molecular complexity index is 804. The first kappa shape index (κ1) is 16.6. The van der Waals surface area contributed by atoms with E-state index in [1.165, 1.54) is 0 Å². The zero-order chi connectivity index (χ0) is 16.9. The predicted molar refractivity (Wildman–Crippen MR) is 96.9 cm³/mol. The van der Waals surface area contributed by atoms with Gasteiger partial charge in [-0.15, -0.1) is 0 Å². The maximum atomic E-state index is 12.7. The minimum Gasteiger partial charge on any atom is -0.339 e. The van der Waals surface area contributed by atoms with E-state index in [9.17, 15) is 4.79 Å². The number of aromatic nitrogens is 2. The molecule has 1 unspecified atom stereocenters. The lowest BCUT2D eigenvalue weighted by molar-refractivity contribution is 0.0942. The van der Waals surface area contributed by atoms with Crippen LogP contribution in [0.4, 0.5) is 0 Å². The van der Waals surface area contributed by atoms with Crippen LogP contribution in [0.2, 0.25) is 5.15 Å². The summed E-state index contributed by atoms with van der Waals surface area (Å²) in [5.74, 6) is -0.312. The van der Waals surface area contributed by atoms with Crippen LogP contribution in [0, 0.1) is 0 Å². The van der Waals surface area contributed by atoms with Crippen molar-refractivity contribution in [3.63, 3.8) is 0 Å². The van der Waals surface area contributed by atoms with Gasteiger partial charge in [-0.05, 0) is 39.7 Å². The lowest BCUT2D eigenvalue weighted by atomic mass is 10.0. The van der Waals surface area contributed by atoms with E-state index in [1.54, 1.807) is 18.5 Å². The summed E-state index contributed by atoms with van der Waals surface area (Å²) < 4.78 is 0.686. The van der Waals surface area contributed by atoms with Gasteiger partial charge in [-0.2, -0.15) is 0 Å². The van der Waals surface area contributed by atoms with Crippen molar-refractivity contribution >= 4 is 33.4 Å². The number of carbonyl (C=O) groups excluding carboxylic acids is 1. The zero-order valence-electron chi connectivity index (χ0n) is 12.5. The number of hydrogen-bond donors (Lipinski definition) is 1. The molecule has 2 heterocycles. The van der Waals surface area contributed by atoms with E-state index in [1.807, 2.05) is 48.5 Å². The van der Waals surface area contributed by atoms with Crippen molar-refractivity contribution in [2.45, 2.75) is 6.04 Å². The number of rotatable bonds is 4. The fourth-order valence-electron chi connectivity index (χ4n) is 2.31. The van der Waals surface area contributed by atoms with Gasteiger partial charge in [0, 0.05) is 16.9 Å². The molecule has 0 aliphatic carbocycles. The van der Waals surface area contributed by atoms with Crippen molar-refractivity contribution in [3.05, 3.63) is 93.4 Å². The van der Waals surface area contributed by atoms with Gasteiger partial charge in [0.15, 0.2) is 0 Å². The lowest BCUT2D eigenvalue weighted by Gasteiger charge is -2.19. The van der Waals surface area contributed by atoms with E-state index in [0.29, 0.717) is 10.0 Å². The Morgan fingerprint density at radius 1 is 1.08 bits per heavy atom. The van der Waals surface area contributed by atoms with Crippen LogP contribution in [0.1, 0.15) is 27.7 Å². The third-order valence-corrected chi connectivity index (χ3v) is 4.18. The van der Waals surface area contributed by atoms with Crippen molar-refractivity contribution < 1.29 is 4.79 Å². The number of nitrogens with one attached hydrogen (secondary N) is 1. The highest BCUT2D eigenvalue weighted by Crippen LogP contribution is 2.23. The minimum atomic E-state index is -0.380. The van der Waals surface area contributed by atoms with Crippen LogP contribution in [-0.2, 0) is 0 Å². The summed E-state index contributed by atoms with van der Waals surface area (Å²) in [6.45, 7) is 0. The quantitative estimate of drug-likeness (QED) is 0.658. The molecule has 0 saturated heterocycles. The SMILES string of the molecule is O=C(NC(c1ccccc1)c1ccccn1)c1cc(Br)cnc1Cl. The highest BCUT2D eigenvalue weighted by molar-refractivity contribution is 9.10. The van der Waals surface area contributed by atoms with Gasteiger partial charge < -0.3 is 5.32 Å². The molecular weight excluding hydrogens is 390 g/mol. The van der Waals surface area contributed by atoms with E-state index in [-0.39, 0.29) is 17.1 Å². The average Bonchev–Trinajstić information content (AvgIpc) is 2.63. The molecule has 6 heteroatoms. The number of pyridine rings is 2. The van der Waals surface area contributed by atoms with Crippen molar-refractivity contribution in [1.29, 1.82) is 0 Å². The van der Waals surface area contributed by atoms with Crippen LogP contribution in [0.3, 0.4) is 0 Å². The van der Waals surface area contributed by atoms with Gasteiger partial charge in [0.1, 0.15) is 5.15 Å². The molecule has 120 valence electrons. The van der Waals surface area contributed by atoms with Gasteiger partial charge in [-0.3, -0.25) is 9.78 Å². The molecule has 0 bridgehead atoms. The number of hydrogen-bond acceptors (Lipinski definition) is 3. The first-order valence-corrected chi connectivity index (χ1v) is 8.40. The van der Waals surface area contributed by atoms with Gasteiger partial charge in [0.25, 0.3) is 5.91 Å². The van der Waals surface area contributed by atoms with Crippen LogP contribution in [0.15, 0.2) is 71.5 Å². The number of carbonyl (C=O) groups is 1. The number of amides is 1. The number of halogens is 2. The molecule has 0 aliphatic rings. The van der Waals surface area contributed by atoms with E-state index in [0.717, 1.165) is 11.3 Å². The molecule has 0 aliphatic heterocycles. The summed E-state index contributed by atoms with van der Waals surface area (Å²) in [4.78, 5) is 21.1. The van der Waals surface area contributed by atoms with Gasteiger partial charge >= 0.3 is 0 Å². The van der Waals surface area contributed by atoms with E-state index >= 15 is 0 Å². The fourth-order valence-corrected chi connectivity index (χ4v) is 2.83. The minimum absolute atomic E-state index is 0.156. The van der Waals surface area contributed by atoms with Crippen LogP contribution >= 0.6 is 27.5 Å². The zero-order valence-corrected chi connectivity index (χ0v) is 14.8. The number of nitrogens with zero attached hydrogens (tertiary/aromatic N) is 2. The van der Waals surface area contributed by atoms with Crippen molar-refractivity contribution in [2.24, 2.45) is 0 Å². The molecule has 0 radical (unpaired) electrons. The molecule has 24 heavy (non-hydrogen) atoms. The molecule has 2 aromatic heterocycles. The van der Waals surface area contributed by atoms with E-state index in [4.69, 9.17) is 11.6 Å². The van der Waals surface area contributed by atoms with Gasteiger partial charge in [0.2, 0.25) is 0 Å². The molecule has 0 spiro atoms. The van der Waals surface area contributed by atoms with Gasteiger partial charge in [0.05, 0.1) is 17.3 Å². The Morgan fingerprint density at radius 3 is 2.54 bits per heavy atom. The van der Waals surface area contributed by atoms with Crippen molar-refractivity contribution in [1.82, 2.24) is 15.3 Å². The third-order valence-electron chi connectivity index (χ3n) is 3.44. The molecule has 3 aromatic rings. The summed E-state index contributed by atoms with van der Waals surface area (Å²) >= 11 is 9.37. The third kappa shape index (κ3) is 3.80. The molecule has 1 aromatic carbocycles. The van der Waals surface area contributed by atoms with Crippen LogP contribution in [-0.4, -0.2) is 15.9 Å². The summed E-state index contributed by atoms with van der Waals surface area (Å²) in [7, 11) is 0. The van der Waals surface area contributed by atoms with Crippen molar-refractivity contribution in [2.75, 3.05) is 0 Å². The first-order chi connectivity index (χ1) is 11.6. The fraction of sp³-hybridized carbons (Fsp3) is 0.0556. The first-order valence-electron chi connectivity index (χ1n) is 7.23. The predicted octanol–water partition coefficient (Wildman–Crippen LogP) is 4.41. The highest BCUT2D eigenvalue weighted by Gasteiger charge is 2.20. The monoisotopic (exact) mass is 401 g/mol. The Labute approximate surface area is 153 Å². The summed E-state index contributed by atoms with van der Waals surface area (Å²) in [6, 6.07) is 16.5. The maximum Gasteiger partial charge on any atom is 0.255 e. The second-order valence-electron chi connectivity index (χ2n) is 5.06. The Morgan fingerprint density at radius 2 is 1.83 bits per heavy atom. The molecular formula is C18H13BrClN3O. The molecule has 1 atom stereocenters. The summed E-state index contributed by atoms with van der Waals surface area (Å²) in [5, 5.41) is 3.14. The molecule has 1 amide bonds. The molecule has 3 rings (SSSR count). The maximum absolute atomic E-state index is 12.7. The van der Waals surface area contributed by atoms with Crippen molar-refractivity contribution in [3.8, 4) is 0 Å². The highest BCUT2D eigenvalue weighted by atomic mass is 79.9. The molecule has 4 nitrogen and oxygen atoms in total. The second-order valence-corrected chi connectivity index (χ2v) is 6.34. The van der Waals surface area contributed by atoms with Crippen LogP contribution in [0.25, 0.3) is 0 Å². The summed E-state index contributed by atoms with van der Waals surface area (Å²) in [5.41, 5.74) is 1.99. The smallest absolute Gasteiger partial charge is 0.255 e. The second kappa shape index (κ2) is 7.55. The van der Waals surface area contributed by atoms with Crippen LogP contribution < -0.4 is 5.32 Å². The largest absolute Gasteiger partial charge is 0.339 e. The normalized spacial score (nSPS) is 11.8. The average molecular weight is 403 g/mol. The molecule has 0 fully saturated rings. The van der Waals surface area contributed by atoms with Crippen LogP contribution in [0.5, 0.6) is 0 Å². The van der Waals surface area contributed by atoms with Gasteiger partial charge in [-0.1, -0.05) is 48.0 Å². The van der Waals surface area contributed by atoms with Gasteiger partial charge in [-0.25, -0.2) is 4.98 Å². The Kier molecular flexibility index (Phi) is 5.23. The Balaban J connectivity index is 1.95. The Hall–Kier alpha value is -2.24. The molecule has 1 N–H and O–H groups in total. The van der Waals surface area contributed by atoms with E-state index < -0.39 is 0 Å². The lowest BCUT2D eigenvalue weighted by Crippen LogP contribution is -2.30. The molecule has 0 saturated carbocycles.